The standard InChI is InChI=1S/C38H42N6O6/c1-25-30(31-23-29(48-3)9-10-33(31)44(25)17-16-42-14-12-41(2)13-15-42)24-35-36(45)32-22-28(8-11-34(32)50-35)40-38(47)39-27-6-4-26(5-7-27)37(46)43-18-20-49-21-19-43/h4-11,22-24H,12-21H2,1-3H3,(H2,39,40,47). The molecule has 7 rings (SSSR count). The molecule has 3 amide bonds. The van der Waals surface area contributed by atoms with E-state index in [-0.39, 0.29) is 17.4 Å². The third kappa shape index (κ3) is 6.95. The number of ketones is 1. The van der Waals surface area contributed by atoms with Gasteiger partial charge in [0.2, 0.25) is 5.78 Å². The maximum atomic E-state index is 13.7. The van der Waals surface area contributed by atoms with Gasteiger partial charge < -0.3 is 39.2 Å². The molecular formula is C38H42N6O6. The fourth-order valence-corrected chi connectivity index (χ4v) is 6.73. The van der Waals surface area contributed by atoms with Crippen molar-refractivity contribution >= 4 is 46.1 Å². The van der Waals surface area contributed by atoms with Crippen molar-refractivity contribution in [1.29, 1.82) is 0 Å². The summed E-state index contributed by atoms with van der Waals surface area (Å²) in [4.78, 5) is 45.9. The number of Topliss-reactive ketones (excluding diaryl/α,β-unsaturated/α-hetero) is 1. The highest BCUT2D eigenvalue weighted by Crippen LogP contribution is 2.37. The third-order valence-electron chi connectivity index (χ3n) is 9.70. The van der Waals surface area contributed by atoms with Crippen LogP contribution in [-0.4, -0.2) is 110 Å². The molecule has 2 N–H and O–H groups in total. The van der Waals surface area contributed by atoms with E-state index < -0.39 is 6.03 Å². The lowest BCUT2D eigenvalue weighted by Crippen LogP contribution is -2.45. The van der Waals surface area contributed by atoms with Gasteiger partial charge in [-0.05, 0) is 80.7 Å². The Morgan fingerprint density at radius 2 is 1.60 bits per heavy atom. The first kappa shape index (κ1) is 33.3. The number of rotatable bonds is 8. The molecule has 2 saturated heterocycles. The largest absolute Gasteiger partial charge is 0.497 e. The van der Waals surface area contributed by atoms with Crippen molar-refractivity contribution in [2.75, 3.05) is 83.8 Å². The van der Waals surface area contributed by atoms with E-state index in [0.29, 0.717) is 54.6 Å². The predicted molar refractivity (Wildman–Crippen MR) is 192 cm³/mol. The lowest BCUT2D eigenvalue weighted by atomic mass is 10.1. The van der Waals surface area contributed by atoms with Gasteiger partial charge >= 0.3 is 6.03 Å². The maximum absolute atomic E-state index is 13.7. The first-order chi connectivity index (χ1) is 24.3. The van der Waals surface area contributed by atoms with Gasteiger partial charge in [-0.25, -0.2) is 4.79 Å². The van der Waals surface area contributed by atoms with Crippen molar-refractivity contribution in [3.8, 4) is 11.5 Å². The number of allylic oxidation sites excluding steroid dienone is 1. The second-order valence-corrected chi connectivity index (χ2v) is 12.9. The third-order valence-corrected chi connectivity index (χ3v) is 9.70. The highest BCUT2D eigenvalue weighted by molar-refractivity contribution is 6.16. The summed E-state index contributed by atoms with van der Waals surface area (Å²) in [5.74, 6) is 1.07. The quantitative estimate of drug-likeness (QED) is 0.252. The topological polar surface area (TPSA) is 118 Å². The number of fused-ring (bicyclic) bond motifs is 2. The summed E-state index contributed by atoms with van der Waals surface area (Å²) in [5.41, 5.74) is 4.91. The molecule has 0 spiro atoms. The molecule has 3 aliphatic heterocycles. The van der Waals surface area contributed by atoms with E-state index in [1.54, 1.807) is 54.5 Å². The Bertz CT molecular complexity index is 1950. The van der Waals surface area contributed by atoms with Crippen LogP contribution in [0, 0.1) is 6.92 Å². The van der Waals surface area contributed by atoms with Gasteiger partial charge in [0.05, 0.1) is 25.9 Å². The zero-order valence-electron chi connectivity index (χ0n) is 28.7. The number of amides is 3. The Morgan fingerprint density at radius 3 is 2.34 bits per heavy atom. The first-order valence-electron chi connectivity index (χ1n) is 17.0. The van der Waals surface area contributed by atoms with Crippen molar-refractivity contribution < 1.29 is 28.6 Å². The highest BCUT2D eigenvalue weighted by Gasteiger charge is 2.29. The monoisotopic (exact) mass is 678 g/mol. The fraction of sp³-hybridized carbons (Fsp3) is 0.342. The van der Waals surface area contributed by atoms with Gasteiger partial charge in [-0.15, -0.1) is 0 Å². The molecule has 3 aliphatic rings. The minimum atomic E-state index is -0.478. The number of hydrogen-bond donors (Lipinski definition) is 2. The van der Waals surface area contributed by atoms with E-state index in [2.05, 4.69) is 45.0 Å². The average Bonchev–Trinajstić information content (AvgIpc) is 3.59. The van der Waals surface area contributed by atoms with E-state index in [0.717, 1.165) is 67.2 Å². The lowest BCUT2D eigenvalue weighted by molar-refractivity contribution is 0.0303. The maximum Gasteiger partial charge on any atom is 0.323 e. The van der Waals surface area contributed by atoms with Crippen LogP contribution in [0.2, 0.25) is 0 Å². The van der Waals surface area contributed by atoms with Gasteiger partial charge in [-0.2, -0.15) is 0 Å². The van der Waals surface area contributed by atoms with Crippen LogP contribution in [0.15, 0.2) is 66.4 Å². The number of ether oxygens (including phenoxy) is 3. The van der Waals surface area contributed by atoms with Gasteiger partial charge in [0.25, 0.3) is 5.91 Å². The number of benzene rings is 3. The Morgan fingerprint density at radius 1 is 0.880 bits per heavy atom. The molecule has 12 nitrogen and oxygen atoms in total. The molecule has 0 saturated carbocycles. The van der Waals surface area contributed by atoms with Gasteiger partial charge in [-0.1, -0.05) is 0 Å². The summed E-state index contributed by atoms with van der Waals surface area (Å²) >= 11 is 0. The number of aromatic nitrogens is 1. The van der Waals surface area contributed by atoms with Crippen LogP contribution in [0.4, 0.5) is 16.2 Å². The normalized spacial score (nSPS) is 17.5. The molecule has 260 valence electrons. The second kappa shape index (κ2) is 14.4. The van der Waals surface area contributed by atoms with Crippen LogP contribution in [-0.2, 0) is 11.3 Å². The number of carbonyl (C=O) groups excluding carboxylic acids is 3. The molecule has 3 aromatic carbocycles. The van der Waals surface area contributed by atoms with Crippen LogP contribution in [0.5, 0.6) is 11.5 Å². The Hall–Kier alpha value is -5.17. The van der Waals surface area contributed by atoms with E-state index in [4.69, 9.17) is 14.2 Å². The summed E-state index contributed by atoms with van der Waals surface area (Å²) < 4.78 is 19.3. The van der Waals surface area contributed by atoms with E-state index >= 15 is 0 Å². The summed E-state index contributed by atoms with van der Waals surface area (Å²) in [5, 5.41) is 6.56. The molecule has 0 bridgehead atoms. The molecule has 50 heavy (non-hydrogen) atoms. The van der Waals surface area contributed by atoms with Gasteiger partial charge in [0.1, 0.15) is 11.5 Å². The molecule has 0 radical (unpaired) electrons. The number of carbonyl (C=O) groups is 3. The van der Waals surface area contributed by atoms with Crippen molar-refractivity contribution in [3.05, 3.63) is 88.8 Å². The molecule has 1 aromatic heterocycles. The number of piperazine rings is 1. The van der Waals surface area contributed by atoms with Crippen LogP contribution in [0.25, 0.3) is 17.0 Å². The predicted octanol–water partition coefficient (Wildman–Crippen LogP) is 4.94. The van der Waals surface area contributed by atoms with Crippen molar-refractivity contribution in [2.45, 2.75) is 13.5 Å². The molecule has 12 heteroatoms. The Kier molecular flexibility index (Phi) is 9.57. The summed E-state index contributed by atoms with van der Waals surface area (Å²) in [6.45, 7) is 10.2. The molecule has 0 unspecified atom stereocenters. The summed E-state index contributed by atoms with van der Waals surface area (Å²) in [7, 11) is 3.81. The van der Waals surface area contributed by atoms with E-state index in [9.17, 15) is 14.4 Å². The second-order valence-electron chi connectivity index (χ2n) is 12.9. The summed E-state index contributed by atoms with van der Waals surface area (Å²) in [6.07, 6.45) is 1.82. The van der Waals surface area contributed by atoms with Gasteiger partial charge in [0.15, 0.2) is 5.76 Å². The van der Waals surface area contributed by atoms with Crippen molar-refractivity contribution in [2.24, 2.45) is 0 Å². The van der Waals surface area contributed by atoms with Crippen molar-refractivity contribution in [3.63, 3.8) is 0 Å². The minimum absolute atomic E-state index is 0.0652. The average molecular weight is 679 g/mol. The molecular weight excluding hydrogens is 636 g/mol. The fourth-order valence-electron chi connectivity index (χ4n) is 6.73. The molecule has 4 aromatic rings. The number of nitrogens with one attached hydrogen (secondary N) is 2. The number of likely N-dealkylation sites (N-methyl/N-ethyl adjacent to an activating group) is 1. The minimum Gasteiger partial charge on any atom is -0.497 e. The number of methoxy groups -OCH3 is 1. The number of anilines is 2. The van der Waals surface area contributed by atoms with Crippen LogP contribution in [0.1, 0.15) is 32.0 Å². The zero-order valence-corrected chi connectivity index (χ0v) is 28.7. The molecule has 0 atom stereocenters. The lowest BCUT2D eigenvalue weighted by Gasteiger charge is -2.32. The van der Waals surface area contributed by atoms with Gasteiger partial charge in [-0.3, -0.25) is 14.5 Å². The SMILES string of the molecule is COc1ccc2c(c1)c(C=C1Oc3ccc(NC(=O)Nc4ccc(C(=O)N5CCOCC5)cc4)cc3C1=O)c(C)n2CCN1CCN(C)CC1. The van der Waals surface area contributed by atoms with Crippen molar-refractivity contribution in [1.82, 2.24) is 19.3 Å². The first-order valence-corrected chi connectivity index (χ1v) is 17.0. The zero-order chi connectivity index (χ0) is 34.8. The molecule has 2 fully saturated rings. The number of morpholine rings is 1. The van der Waals surface area contributed by atoms with Crippen LogP contribution >= 0.6 is 0 Å². The van der Waals surface area contributed by atoms with Crippen LogP contribution < -0.4 is 20.1 Å². The van der Waals surface area contributed by atoms with E-state index in [1.807, 2.05) is 18.2 Å². The number of hydrogen-bond acceptors (Lipinski definition) is 8. The van der Waals surface area contributed by atoms with Gasteiger partial charge in [0, 0.05) is 91.5 Å². The van der Waals surface area contributed by atoms with E-state index in [1.165, 1.54) is 0 Å². The molecule has 4 heterocycles. The smallest absolute Gasteiger partial charge is 0.323 e. The molecule has 0 aliphatic carbocycles. The Balaban J connectivity index is 1.05. The number of urea groups is 1. The summed E-state index contributed by atoms with van der Waals surface area (Å²) in [6, 6.07) is 17.3. The van der Waals surface area contributed by atoms with Crippen LogP contribution in [0.3, 0.4) is 0 Å². The highest BCUT2D eigenvalue weighted by atomic mass is 16.5. The Labute approximate surface area is 291 Å². The number of nitrogens with zero attached hydrogens (tertiary/aromatic N) is 4.